The van der Waals surface area contributed by atoms with E-state index in [0.717, 1.165) is 0 Å². The Kier molecular flexibility index (Phi) is 6.40. The van der Waals surface area contributed by atoms with Crippen molar-refractivity contribution in [3.05, 3.63) is 29.8 Å². The highest BCUT2D eigenvalue weighted by molar-refractivity contribution is 8.50. The molecule has 140 valence electrons. The number of nitrogens with zero attached hydrogens (tertiary/aromatic N) is 2. The number of nitriles is 1. The van der Waals surface area contributed by atoms with Crippen LogP contribution in [0.2, 0.25) is 0 Å². The van der Waals surface area contributed by atoms with E-state index in [2.05, 4.69) is 10.3 Å². The first kappa shape index (κ1) is 19.9. The SMILES string of the molecule is CCC(C)[C@H](NC(=O)c1cccc(OC)c1)C(=O)S1(O)C=N[C@H](C#N)C1. The Balaban J connectivity index is 2.22. The maximum Gasteiger partial charge on any atom is 0.252 e. The molecule has 2 unspecified atom stereocenters. The van der Waals surface area contributed by atoms with E-state index in [9.17, 15) is 14.1 Å². The minimum absolute atomic E-state index is 0.00963. The topological polar surface area (TPSA) is 112 Å². The van der Waals surface area contributed by atoms with Gasteiger partial charge in [-0.15, -0.1) is 0 Å². The van der Waals surface area contributed by atoms with E-state index in [-0.39, 0.29) is 11.7 Å². The minimum atomic E-state index is -2.83. The van der Waals surface area contributed by atoms with Gasteiger partial charge >= 0.3 is 0 Å². The first-order valence-electron chi connectivity index (χ1n) is 8.29. The molecule has 4 atom stereocenters. The normalized spacial score (nSPS) is 26.2. The second-order valence-electron chi connectivity index (χ2n) is 6.21. The fourth-order valence-electron chi connectivity index (χ4n) is 2.58. The van der Waals surface area contributed by atoms with Crippen LogP contribution in [0.15, 0.2) is 29.3 Å². The fourth-order valence-corrected chi connectivity index (χ4v) is 4.66. The molecule has 1 aliphatic rings. The van der Waals surface area contributed by atoms with E-state index in [1.54, 1.807) is 24.3 Å². The highest BCUT2D eigenvalue weighted by Gasteiger charge is 2.42. The number of carbonyl (C=O) groups is 2. The van der Waals surface area contributed by atoms with Crippen molar-refractivity contribution >= 4 is 26.9 Å². The molecular formula is C18H23N3O4S. The lowest BCUT2D eigenvalue weighted by Gasteiger charge is -2.32. The van der Waals surface area contributed by atoms with Crippen molar-refractivity contribution in [2.75, 3.05) is 12.9 Å². The van der Waals surface area contributed by atoms with Crippen molar-refractivity contribution in [3.63, 3.8) is 0 Å². The highest BCUT2D eigenvalue weighted by Crippen LogP contribution is 2.48. The summed E-state index contributed by atoms with van der Waals surface area (Å²) < 4.78 is 15.8. The molecule has 7 nitrogen and oxygen atoms in total. The standard InChI is InChI=1S/C18H23N3O4S/c1-4-12(2)16(18(23)26(24)10-14(9-19)20-11-26)21-17(22)13-6-5-7-15(8-13)25-3/h5-8,11-12,14,16,24H,4,10H2,1-3H3,(H,21,22)/t12?,14-,16+/m1/s1. The lowest BCUT2D eigenvalue weighted by atomic mass is 10.00. The Hall–Kier alpha value is -2.37. The molecule has 0 fully saturated rings. The Morgan fingerprint density at radius 3 is 2.85 bits per heavy atom. The van der Waals surface area contributed by atoms with Gasteiger partial charge in [-0.2, -0.15) is 5.26 Å². The molecule has 0 spiro atoms. The number of methoxy groups -OCH3 is 1. The van der Waals surface area contributed by atoms with E-state index in [1.165, 1.54) is 12.7 Å². The quantitative estimate of drug-likeness (QED) is 0.791. The van der Waals surface area contributed by atoms with Crippen molar-refractivity contribution in [3.8, 4) is 11.8 Å². The van der Waals surface area contributed by atoms with Gasteiger partial charge in [0, 0.05) is 11.3 Å². The second-order valence-corrected chi connectivity index (χ2v) is 8.66. The van der Waals surface area contributed by atoms with E-state index in [1.807, 2.05) is 19.9 Å². The van der Waals surface area contributed by atoms with Gasteiger partial charge in [-0.3, -0.25) is 14.6 Å². The Bertz CT molecular complexity index is 761. The van der Waals surface area contributed by atoms with Crippen LogP contribution in [0, 0.1) is 17.2 Å². The summed E-state index contributed by atoms with van der Waals surface area (Å²) in [6.07, 6.45) is 0.642. The van der Waals surface area contributed by atoms with Crippen LogP contribution in [0.5, 0.6) is 5.75 Å². The average molecular weight is 377 g/mol. The molecule has 26 heavy (non-hydrogen) atoms. The van der Waals surface area contributed by atoms with Gasteiger partial charge in [-0.05, 0) is 34.4 Å². The van der Waals surface area contributed by atoms with Crippen LogP contribution in [0.3, 0.4) is 0 Å². The highest BCUT2D eigenvalue weighted by atomic mass is 32.3. The molecular weight excluding hydrogens is 354 g/mol. The molecule has 0 saturated carbocycles. The number of carbonyl (C=O) groups excluding carboxylic acids is 2. The summed E-state index contributed by atoms with van der Waals surface area (Å²) in [6.45, 7) is 3.74. The summed E-state index contributed by atoms with van der Waals surface area (Å²) >= 11 is 0. The third kappa shape index (κ3) is 4.23. The summed E-state index contributed by atoms with van der Waals surface area (Å²) in [7, 11) is -1.32. The lowest BCUT2D eigenvalue weighted by Crippen LogP contribution is -2.47. The Morgan fingerprint density at radius 2 is 2.27 bits per heavy atom. The molecule has 1 aromatic rings. The van der Waals surface area contributed by atoms with Crippen LogP contribution in [0.1, 0.15) is 30.6 Å². The molecule has 0 aromatic heterocycles. The molecule has 8 heteroatoms. The van der Waals surface area contributed by atoms with Crippen LogP contribution in [0.25, 0.3) is 0 Å². The number of rotatable bonds is 6. The van der Waals surface area contributed by atoms with Gasteiger partial charge in [0.05, 0.1) is 18.7 Å². The zero-order valence-corrected chi connectivity index (χ0v) is 15.8. The smallest absolute Gasteiger partial charge is 0.252 e. The molecule has 1 heterocycles. The summed E-state index contributed by atoms with van der Waals surface area (Å²) in [5, 5.41) is 11.2. The van der Waals surface area contributed by atoms with Gasteiger partial charge < -0.3 is 14.6 Å². The van der Waals surface area contributed by atoms with Crippen molar-refractivity contribution in [2.45, 2.75) is 32.4 Å². The van der Waals surface area contributed by atoms with Crippen LogP contribution in [0.4, 0.5) is 0 Å². The first-order chi connectivity index (χ1) is 12.3. The Morgan fingerprint density at radius 1 is 1.54 bits per heavy atom. The lowest BCUT2D eigenvalue weighted by molar-refractivity contribution is -0.114. The van der Waals surface area contributed by atoms with Gasteiger partial charge in [-0.25, -0.2) is 0 Å². The number of aliphatic imine (C=N–C) groups is 1. The molecule has 0 aliphatic carbocycles. The van der Waals surface area contributed by atoms with Crippen LogP contribution >= 0.6 is 10.3 Å². The maximum atomic E-state index is 13.0. The Labute approximate surface area is 154 Å². The molecule has 0 bridgehead atoms. The minimum Gasteiger partial charge on any atom is -0.497 e. The first-order valence-corrected chi connectivity index (χ1v) is 10.1. The number of hydrogen-bond donors (Lipinski definition) is 2. The number of nitrogens with one attached hydrogen (secondary N) is 1. The number of hydrogen-bond acceptors (Lipinski definition) is 6. The monoisotopic (exact) mass is 377 g/mol. The van der Waals surface area contributed by atoms with E-state index >= 15 is 0 Å². The van der Waals surface area contributed by atoms with E-state index in [0.29, 0.717) is 17.7 Å². The predicted octanol–water partition coefficient (Wildman–Crippen LogP) is 2.58. The molecule has 1 aliphatic heterocycles. The summed E-state index contributed by atoms with van der Waals surface area (Å²) in [6, 6.07) is 6.98. The fraction of sp³-hybridized carbons (Fsp3) is 0.444. The third-order valence-corrected chi connectivity index (χ3v) is 6.66. The van der Waals surface area contributed by atoms with Crippen molar-refractivity contribution in [1.29, 1.82) is 5.26 Å². The van der Waals surface area contributed by atoms with Crippen LogP contribution in [-0.2, 0) is 4.79 Å². The molecule has 0 radical (unpaired) electrons. The average Bonchev–Trinajstić information content (AvgIpc) is 3.07. The summed E-state index contributed by atoms with van der Waals surface area (Å²) in [5.74, 6) is -0.0712. The van der Waals surface area contributed by atoms with E-state index < -0.39 is 33.4 Å². The molecule has 2 rings (SSSR count). The van der Waals surface area contributed by atoms with Gasteiger partial charge in [-0.1, -0.05) is 26.3 Å². The zero-order chi connectivity index (χ0) is 19.3. The summed E-state index contributed by atoms with van der Waals surface area (Å²) in [4.78, 5) is 29.5. The zero-order valence-electron chi connectivity index (χ0n) is 15.0. The summed E-state index contributed by atoms with van der Waals surface area (Å²) in [5.41, 5.74) is 1.57. The van der Waals surface area contributed by atoms with Crippen molar-refractivity contribution in [1.82, 2.24) is 5.32 Å². The van der Waals surface area contributed by atoms with Crippen molar-refractivity contribution in [2.24, 2.45) is 10.9 Å². The molecule has 2 N–H and O–H groups in total. The maximum absolute atomic E-state index is 13.0. The number of ether oxygens (including phenoxy) is 1. The molecule has 0 saturated heterocycles. The number of benzene rings is 1. The van der Waals surface area contributed by atoms with Gasteiger partial charge in [0.2, 0.25) is 5.12 Å². The van der Waals surface area contributed by atoms with Crippen molar-refractivity contribution < 1.29 is 18.9 Å². The van der Waals surface area contributed by atoms with Gasteiger partial charge in [0.1, 0.15) is 17.8 Å². The molecule has 1 aromatic carbocycles. The largest absolute Gasteiger partial charge is 0.497 e. The van der Waals surface area contributed by atoms with Crippen LogP contribution < -0.4 is 10.1 Å². The predicted molar refractivity (Wildman–Crippen MR) is 102 cm³/mol. The van der Waals surface area contributed by atoms with Gasteiger partial charge in [0.15, 0.2) is 0 Å². The van der Waals surface area contributed by atoms with Gasteiger partial charge in [0.25, 0.3) is 5.91 Å². The van der Waals surface area contributed by atoms with Crippen LogP contribution in [-0.4, -0.2) is 46.1 Å². The second kappa shape index (κ2) is 8.34. The number of amides is 1. The van der Waals surface area contributed by atoms with E-state index in [4.69, 9.17) is 10.00 Å². The molecule has 1 amide bonds. The third-order valence-electron chi connectivity index (χ3n) is 4.41.